The average molecular weight is 285 g/mol. The molecule has 0 spiro atoms. The number of hydrogen-bond acceptors (Lipinski definition) is 3. The van der Waals surface area contributed by atoms with E-state index in [0.717, 1.165) is 0 Å². The molecule has 5 heteroatoms. The molecule has 4 nitrogen and oxygen atoms in total. The predicted molar refractivity (Wildman–Crippen MR) is 78.5 cm³/mol. The van der Waals surface area contributed by atoms with E-state index in [2.05, 4.69) is 5.32 Å². The molecule has 0 atom stereocenters. The molecule has 0 saturated heterocycles. The van der Waals surface area contributed by atoms with Crippen LogP contribution in [0.1, 0.15) is 20.8 Å². The number of carbonyl (C=O) groups is 1. The second-order valence-corrected chi connectivity index (χ2v) is 5.61. The summed E-state index contributed by atoms with van der Waals surface area (Å²) in [7, 11) is 0. The van der Waals surface area contributed by atoms with Crippen molar-refractivity contribution < 1.29 is 9.90 Å². The maximum Gasteiger partial charge on any atom is 0.238 e. The summed E-state index contributed by atoms with van der Waals surface area (Å²) in [5.41, 5.74) is -0.0926. The fourth-order valence-corrected chi connectivity index (χ4v) is 1.89. The van der Waals surface area contributed by atoms with Gasteiger partial charge in [0.25, 0.3) is 0 Å². The Labute approximate surface area is 119 Å². The molecule has 1 aromatic carbocycles. The van der Waals surface area contributed by atoms with Crippen molar-refractivity contribution in [3.8, 4) is 0 Å². The zero-order chi connectivity index (χ0) is 14.5. The predicted octanol–water partition coefficient (Wildman–Crippen LogP) is 2.37. The topological polar surface area (TPSA) is 52.6 Å². The first kappa shape index (κ1) is 16.0. The number of likely N-dealkylation sites (N-methyl/N-ethyl adjacent to an activating group) is 1. The highest BCUT2D eigenvalue weighted by Crippen LogP contribution is 2.13. The Hall–Kier alpha value is -1.10. The normalized spacial score (nSPS) is 11.7. The van der Waals surface area contributed by atoms with Crippen molar-refractivity contribution in [3.05, 3.63) is 29.3 Å². The SMILES string of the molecule is CCN(CC(=O)Nc1ccc(Cl)cc1)CC(C)(C)O. The molecule has 0 saturated carbocycles. The van der Waals surface area contributed by atoms with Crippen LogP contribution in [0.25, 0.3) is 0 Å². The number of benzene rings is 1. The van der Waals surface area contributed by atoms with Crippen LogP contribution in [0.5, 0.6) is 0 Å². The molecule has 2 N–H and O–H groups in total. The molecule has 0 radical (unpaired) electrons. The van der Waals surface area contributed by atoms with Crippen molar-refractivity contribution in [2.24, 2.45) is 0 Å². The minimum atomic E-state index is -0.809. The molecule has 1 amide bonds. The van der Waals surface area contributed by atoms with Crippen LogP contribution >= 0.6 is 11.6 Å². The van der Waals surface area contributed by atoms with Crippen LogP contribution in [-0.2, 0) is 4.79 Å². The lowest BCUT2D eigenvalue weighted by molar-refractivity contribution is -0.117. The summed E-state index contributed by atoms with van der Waals surface area (Å²) in [6, 6.07) is 6.97. The summed E-state index contributed by atoms with van der Waals surface area (Å²) >= 11 is 5.78. The summed E-state index contributed by atoms with van der Waals surface area (Å²) in [6.45, 7) is 6.83. The second-order valence-electron chi connectivity index (χ2n) is 5.17. The third kappa shape index (κ3) is 6.57. The van der Waals surface area contributed by atoms with E-state index in [1.165, 1.54) is 0 Å². The van der Waals surface area contributed by atoms with Crippen LogP contribution in [-0.4, -0.2) is 41.1 Å². The van der Waals surface area contributed by atoms with Crippen molar-refractivity contribution >= 4 is 23.2 Å². The van der Waals surface area contributed by atoms with E-state index in [0.29, 0.717) is 23.8 Å². The lowest BCUT2D eigenvalue weighted by Gasteiger charge is -2.27. The first-order chi connectivity index (χ1) is 8.80. The lowest BCUT2D eigenvalue weighted by Crippen LogP contribution is -2.42. The molecule has 19 heavy (non-hydrogen) atoms. The van der Waals surface area contributed by atoms with Gasteiger partial charge in [-0.3, -0.25) is 9.69 Å². The van der Waals surface area contributed by atoms with E-state index in [4.69, 9.17) is 11.6 Å². The fourth-order valence-electron chi connectivity index (χ4n) is 1.76. The number of halogens is 1. The highest BCUT2D eigenvalue weighted by atomic mass is 35.5. The number of amides is 1. The summed E-state index contributed by atoms with van der Waals surface area (Å²) in [4.78, 5) is 13.8. The molecule has 106 valence electrons. The van der Waals surface area contributed by atoms with Gasteiger partial charge in [0, 0.05) is 17.3 Å². The molecule has 0 aliphatic rings. The van der Waals surface area contributed by atoms with Crippen LogP contribution < -0.4 is 5.32 Å². The zero-order valence-corrected chi connectivity index (χ0v) is 12.4. The van der Waals surface area contributed by atoms with Crippen molar-refractivity contribution in [2.75, 3.05) is 25.0 Å². The molecule has 0 unspecified atom stereocenters. The van der Waals surface area contributed by atoms with Crippen LogP contribution in [0.4, 0.5) is 5.69 Å². The van der Waals surface area contributed by atoms with E-state index < -0.39 is 5.60 Å². The van der Waals surface area contributed by atoms with E-state index in [9.17, 15) is 9.90 Å². The number of aliphatic hydroxyl groups is 1. The van der Waals surface area contributed by atoms with E-state index >= 15 is 0 Å². The third-order valence-electron chi connectivity index (χ3n) is 2.55. The summed E-state index contributed by atoms with van der Waals surface area (Å²) in [5.74, 6) is -0.103. The number of carbonyl (C=O) groups excluding carboxylic acids is 1. The Morgan fingerprint density at radius 1 is 1.37 bits per heavy atom. The van der Waals surface area contributed by atoms with Gasteiger partial charge in [-0.1, -0.05) is 18.5 Å². The first-order valence-electron chi connectivity index (χ1n) is 6.30. The molecular formula is C14H21ClN2O2. The molecule has 0 fully saturated rings. The standard InChI is InChI=1S/C14H21ClN2O2/c1-4-17(10-14(2,3)19)9-13(18)16-12-7-5-11(15)6-8-12/h5-8,19H,4,9-10H2,1-3H3,(H,16,18). The first-order valence-corrected chi connectivity index (χ1v) is 6.68. The summed E-state index contributed by atoms with van der Waals surface area (Å²) < 4.78 is 0. The lowest BCUT2D eigenvalue weighted by atomic mass is 10.1. The number of nitrogens with zero attached hydrogens (tertiary/aromatic N) is 1. The van der Waals surface area contributed by atoms with Gasteiger partial charge in [0.15, 0.2) is 0 Å². The van der Waals surface area contributed by atoms with Gasteiger partial charge in [-0.2, -0.15) is 0 Å². The third-order valence-corrected chi connectivity index (χ3v) is 2.80. The Morgan fingerprint density at radius 3 is 2.42 bits per heavy atom. The van der Waals surface area contributed by atoms with Gasteiger partial charge in [0.1, 0.15) is 0 Å². The number of hydrogen-bond donors (Lipinski definition) is 2. The van der Waals surface area contributed by atoms with Gasteiger partial charge in [0.2, 0.25) is 5.91 Å². The van der Waals surface area contributed by atoms with Gasteiger partial charge < -0.3 is 10.4 Å². The van der Waals surface area contributed by atoms with E-state index in [1.54, 1.807) is 38.1 Å². The number of nitrogens with one attached hydrogen (secondary N) is 1. The minimum absolute atomic E-state index is 0.103. The highest BCUT2D eigenvalue weighted by Gasteiger charge is 2.19. The van der Waals surface area contributed by atoms with Crippen LogP contribution in [0.15, 0.2) is 24.3 Å². The van der Waals surface area contributed by atoms with Gasteiger partial charge >= 0.3 is 0 Å². The Kier molecular flexibility index (Phi) is 5.79. The smallest absolute Gasteiger partial charge is 0.238 e. The maximum absolute atomic E-state index is 11.9. The van der Waals surface area contributed by atoms with Crippen molar-refractivity contribution in [1.82, 2.24) is 4.90 Å². The van der Waals surface area contributed by atoms with E-state index in [-0.39, 0.29) is 12.5 Å². The summed E-state index contributed by atoms with van der Waals surface area (Å²) in [6.07, 6.45) is 0. The molecule has 0 heterocycles. The molecule has 0 aliphatic carbocycles. The van der Waals surface area contributed by atoms with Crippen LogP contribution in [0.2, 0.25) is 5.02 Å². The second kappa shape index (κ2) is 6.89. The molecule has 1 aromatic rings. The average Bonchev–Trinajstić information content (AvgIpc) is 2.29. The molecule has 0 aromatic heterocycles. The van der Waals surface area contributed by atoms with Crippen molar-refractivity contribution in [2.45, 2.75) is 26.4 Å². The molecule has 1 rings (SSSR count). The zero-order valence-electron chi connectivity index (χ0n) is 11.6. The number of rotatable bonds is 6. The van der Waals surface area contributed by atoms with Crippen molar-refractivity contribution in [1.29, 1.82) is 0 Å². The summed E-state index contributed by atoms with van der Waals surface area (Å²) in [5, 5.41) is 13.2. The number of anilines is 1. The quantitative estimate of drug-likeness (QED) is 0.843. The highest BCUT2D eigenvalue weighted by molar-refractivity contribution is 6.30. The van der Waals surface area contributed by atoms with Crippen molar-refractivity contribution in [3.63, 3.8) is 0 Å². The van der Waals surface area contributed by atoms with Gasteiger partial charge in [-0.25, -0.2) is 0 Å². The largest absolute Gasteiger partial charge is 0.389 e. The Morgan fingerprint density at radius 2 is 1.95 bits per heavy atom. The van der Waals surface area contributed by atoms with Gasteiger partial charge in [-0.15, -0.1) is 0 Å². The van der Waals surface area contributed by atoms with Gasteiger partial charge in [0.05, 0.1) is 12.1 Å². The van der Waals surface area contributed by atoms with Crippen LogP contribution in [0, 0.1) is 0 Å². The van der Waals surface area contributed by atoms with E-state index in [1.807, 2.05) is 11.8 Å². The van der Waals surface area contributed by atoms with Gasteiger partial charge in [-0.05, 0) is 44.7 Å². The molecule has 0 bridgehead atoms. The van der Waals surface area contributed by atoms with Crippen LogP contribution in [0.3, 0.4) is 0 Å². The molecular weight excluding hydrogens is 264 g/mol. The minimum Gasteiger partial charge on any atom is -0.389 e. The maximum atomic E-state index is 11.9. The Balaban J connectivity index is 2.51. The molecule has 0 aliphatic heterocycles. The fraction of sp³-hybridized carbons (Fsp3) is 0.500. The Bertz CT molecular complexity index is 412. The monoisotopic (exact) mass is 284 g/mol.